The van der Waals surface area contributed by atoms with Crippen molar-refractivity contribution >= 4 is 11.7 Å². The van der Waals surface area contributed by atoms with Gasteiger partial charge in [-0.2, -0.15) is 13.2 Å². The fourth-order valence-corrected chi connectivity index (χ4v) is 3.51. The van der Waals surface area contributed by atoms with Gasteiger partial charge in [0.2, 0.25) is 5.91 Å². The highest BCUT2D eigenvalue weighted by Gasteiger charge is 2.31. The number of carbonyl (C=O) groups excluding carboxylic acids is 1. The van der Waals surface area contributed by atoms with Crippen LogP contribution in [0.3, 0.4) is 0 Å². The van der Waals surface area contributed by atoms with E-state index in [1.807, 2.05) is 4.90 Å². The van der Waals surface area contributed by atoms with Crippen molar-refractivity contribution in [2.75, 3.05) is 18.0 Å². The maximum absolute atomic E-state index is 13.6. The van der Waals surface area contributed by atoms with Gasteiger partial charge in [0.15, 0.2) is 0 Å². The SMILES string of the molecule is O=C(CC[C@@H]1CCCN(c2ccc(C(F)(F)F)cn2)C1)NCc1ccccc1F. The predicted octanol–water partition coefficient (Wildman–Crippen LogP) is 4.55. The zero-order chi connectivity index (χ0) is 20.9. The minimum atomic E-state index is -4.40. The van der Waals surface area contributed by atoms with E-state index in [1.165, 1.54) is 12.1 Å². The van der Waals surface area contributed by atoms with E-state index in [0.717, 1.165) is 31.6 Å². The molecule has 1 aromatic heterocycles. The summed E-state index contributed by atoms with van der Waals surface area (Å²) in [6.45, 7) is 1.53. The maximum atomic E-state index is 13.6. The minimum absolute atomic E-state index is 0.141. The van der Waals surface area contributed by atoms with E-state index in [-0.39, 0.29) is 24.2 Å². The summed E-state index contributed by atoms with van der Waals surface area (Å²) in [5.41, 5.74) is -0.320. The first kappa shape index (κ1) is 21.1. The normalized spacial score (nSPS) is 17.2. The third-order valence-corrected chi connectivity index (χ3v) is 5.13. The number of halogens is 4. The molecule has 1 N–H and O–H groups in total. The molecule has 1 aliphatic rings. The van der Waals surface area contributed by atoms with Crippen LogP contribution >= 0.6 is 0 Å². The van der Waals surface area contributed by atoms with E-state index in [2.05, 4.69) is 10.3 Å². The van der Waals surface area contributed by atoms with Gasteiger partial charge in [0, 0.05) is 37.8 Å². The van der Waals surface area contributed by atoms with Gasteiger partial charge in [0.1, 0.15) is 11.6 Å². The fourth-order valence-electron chi connectivity index (χ4n) is 3.51. The summed E-state index contributed by atoms with van der Waals surface area (Å²) in [4.78, 5) is 18.0. The number of rotatable bonds is 6. The Morgan fingerprint density at radius 2 is 2.00 bits per heavy atom. The zero-order valence-electron chi connectivity index (χ0n) is 15.9. The van der Waals surface area contributed by atoms with Crippen molar-refractivity contribution in [3.8, 4) is 0 Å². The van der Waals surface area contributed by atoms with Gasteiger partial charge < -0.3 is 10.2 Å². The number of hydrogen-bond donors (Lipinski definition) is 1. The van der Waals surface area contributed by atoms with E-state index in [1.54, 1.807) is 18.2 Å². The minimum Gasteiger partial charge on any atom is -0.356 e. The largest absolute Gasteiger partial charge is 0.417 e. The molecule has 0 saturated carbocycles. The highest BCUT2D eigenvalue weighted by atomic mass is 19.4. The molecule has 0 spiro atoms. The first-order valence-corrected chi connectivity index (χ1v) is 9.61. The Balaban J connectivity index is 1.47. The van der Waals surface area contributed by atoms with Crippen LogP contribution in [0.2, 0.25) is 0 Å². The molecule has 0 radical (unpaired) electrons. The topological polar surface area (TPSA) is 45.2 Å². The third-order valence-electron chi connectivity index (χ3n) is 5.13. The van der Waals surface area contributed by atoms with Crippen LogP contribution in [-0.2, 0) is 17.5 Å². The number of amides is 1. The van der Waals surface area contributed by atoms with E-state index in [0.29, 0.717) is 30.8 Å². The van der Waals surface area contributed by atoms with Crippen molar-refractivity contribution in [3.63, 3.8) is 0 Å². The van der Waals surface area contributed by atoms with Gasteiger partial charge in [0.25, 0.3) is 0 Å². The number of carbonyl (C=O) groups is 1. The molecule has 29 heavy (non-hydrogen) atoms. The lowest BCUT2D eigenvalue weighted by molar-refractivity contribution is -0.137. The van der Waals surface area contributed by atoms with Crippen molar-refractivity contribution in [1.29, 1.82) is 0 Å². The zero-order valence-corrected chi connectivity index (χ0v) is 15.9. The standard InChI is InChI=1S/C21H23F4N3O/c22-18-6-2-1-5-16(18)12-27-20(29)10-7-15-4-3-11-28(14-15)19-9-8-17(13-26-19)21(23,24)25/h1-2,5-6,8-9,13,15H,3-4,7,10-12,14H2,(H,27,29)/t15-/m0/s1. The van der Waals surface area contributed by atoms with E-state index >= 15 is 0 Å². The van der Waals surface area contributed by atoms with Crippen LogP contribution in [0.5, 0.6) is 0 Å². The number of alkyl halides is 3. The molecular formula is C21H23F4N3O. The Labute approximate surface area is 166 Å². The highest BCUT2D eigenvalue weighted by molar-refractivity contribution is 5.75. The number of anilines is 1. The smallest absolute Gasteiger partial charge is 0.356 e. The Hall–Kier alpha value is -2.64. The molecule has 1 fully saturated rings. The molecule has 1 atom stereocenters. The van der Waals surface area contributed by atoms with E-state index < -0.39 is 11.7 Å². The average molecular weight is 409 g/mol. The summed E-state index contributed by atoms with van der Waals surface area (Å²) in [6, 6.07) is 8.74. The Morgan fingerprint density at radius 1 is 1.21 bits per heavy atom. The molecule has 3 rings (SSSR count). The molecule has 4 nitrogen and oxygen atoms in total. The van der Waals surface area contributed by atoms with Crippen molar-refractivity contribution < 1.29 is 22.4 Å². The number of nitrogens with zero attached hydrogens (tertiary/aromatic N) is 2. The quantitative estimate of drug-likeness (QED) is 0.712. The molecule has 8 heteroatoms. The van der Waals surface area contributed by atoms with Gasteiger partial charge >= 0.3 is 6.18 Å². The second kappa shape index (κ2) is 9.24. The van der Waals surface area contributed by atoms with Crippen LogP contribution in [-0.4, -0.2) is 24.0 Å². The molecule has 0 unspecified atom stereocenters. The molecule has 2 heterocycles. The molecule has 1 amide bonds. The van der Waals surface area contributed by atoms with Crippen molar-refractivity contribution in [3.05, 3.63) is 59.5 Å². The number of benzene rings is 1. The first-order chi connectivity index (χ1) is 13.8. The summed E-state index contributed by atoms with van der Waals surface area (Å²) in [6.07, 6.45) is -0.698. The second-order valence-electron chi connectivity index (χ2n) is 7.26. The van der Waals surface area contributed by atoms with Crippen molar-refractivity contribution in [2.45, 2.75) is 38.4 Å². The fraction of sp³-hybridized carbons (Fsp3) is 0.429. The number of piperidine rings is 1. The summed E-state index contributed by atoms with van der Waals surface area (Å²) >= 11 is 0. The molecule has 2 aromatic rings. The van der Waals surface area contributed by atoms with Crippen molar-refractivity contribution in [1.82, 2.24) is 10.3 Å². The van der Waals surface area contributed by atoms with E-state index in [4.69, 9.17) is 0 Å². The van der Waals surface area contributed by atoms with Gasteiger partial charge in [-0.15, -0.1) is 0 Å². The molecule has 0 bridgehead atoms. The lowest BCUT2D eigenvalue weighted by Gasteiger charge is -2.33. The number of pyridine rings is 1. The lowest BCUT2D eigenvalue weighted by atomic mass is 9.93. The summed E-state index contributed by atoms with van der Waals surface area (Å²) in [5, 5.41) is 2.73. The lowest BCUT2D eigenvalue weighted by Crippen LogP contribution is -2.36. The Morgan fingerprint density at radius 3 is 2.69 bits per heavy atom. The molecule has 1 saturated heterocycles. The first-order valence-electron chi connectivity index (χ1n) is 9.61. The second-order valence-corrected chi connectivity index (χ2v) is 7.26. The Kier molecular flexibility index (Phi) is 6.71. The van der Waals surface area contributed by atoms with Gasteiger partial charge in [-0.1, -0.05) is 18.2 Å². The van der Waals surface area contributed by atoms with Crippen LogP contribution < -0.4 is 10.2 Å². The third kappa shape index (κ3) is 5.92. The van der Waals surface area contributed by atoms with Crippen LogP contribution in [0.25, 0.3) is 0 Å². The Bertz CT molecular complexity index is 823. The monoisotopic (exact) mass is 409 g/mol. The van der Waals surface area contributed by atoms with Gasteiger partial charge in [-0.3, -0.25) is 4.79 Å². The van der Waals surface area contributed by atoms with Crippen LogP contribution in [0.4, 0.5) is 23.4 Å². The predicted molar refractivity (Wildman–Crippen MR) is 102 cm³/mol. The molecule has 0 aliphatic carbocycles. The summed E-state index contributed by atoms with van der Waals surface area (Å²) in [7, 11) is 0. The van der Waals surface area contributed by atoms with Crippen LogP contribution in [0.15, 0.2) is 42.6 Å². The molecule has 1 aromatic carbocycles. The molecule has 156 valence electrons. The highest BCUT2D eigenvalue weighted by Crippen LogP contribution is 2.30. The van der Waals surface area contributed by atoms with Crippen LogP contribution in [0.1, 0.15) is 36.8 Å². The maximum Gasteiger partial charge on any atom is 0.417 e. The molecular weight excluding hydrogens is 386 g/mol. The summed E-state index contributed by atoms with van der Waals surface area (Å²) < 4.78 is 51.6. The van der Waals surface area contributed by atoms with Gasteiger partial charge in [-0.25, -0.2) is 9.37 Å². The summed E-state index contributed by atoms with van der Waals surface area (Å²) in [5.74, 6) is 0.288. The van der Waals surface area contributed by atoms with Crippen LogP contribution in [0, 0.1) is 11.7 Å². The van der Waals surface area contributed by atoms with Gasteiger partial charge in [-0.05, 0) is 43.4 Å². The number of hydrogen-bond acceptors (Lipinski definition) is 3. The number of aromatic nitrogens is 1. The average Bonchev–Trinajstić information content (AvgIpc) is 2.71. The van der Waals surface area contributed by atoms with Crippen molar-refractivity contribution in [2.24, 2.45) is 5.92 Å². The van der Waals surface area contributed by atoms with Gasteiger partial charge in [0.05, 0.1) is 5.56 Å². The molecule has 1 aliphatic heterocycles. The number of nitrogens with one attached hydrogen (secondary N) is 1. The van der Waals surface area contributed by atoms with E-state index in [9.17, 15) is 22.4 Å².